The van der Waals surface area contributed by atoms with Gasteiger partial charge in [-0.1, -0.05) is 54.6 Å². The Morgan fingerprint density at radius 3 is 2.08 bits per heavy atom. The number of carbonyl (C=O) groups is 2. The monoisotopic (exact) mass is 336 g/mol. The molecule has 1 unspecified atom stereocenters. The van der Waals surface area contributed by atoms with E-state index < -0.39 is 17.4 Å². The van der Waals surface area contributed by atoms with Crippen LogP contribution in [-0.2, 0) is 15.0 Å². The lowest BCUT2D eigenvalue weighted by molar-refractivity contribution is -0.142. The van der Waals surface area contributed by atoms with Crippen molar-refractivity contribution in [1.29, 1.82) is 0 Å². The summed E-state index contributed by atoms with van der Waals surface area (Å²) in [5.74, 6) is -1.64. The van der Waals surface area contributed by atoms with E-state index in [2.05, 4.69) is 0 Å². The van der Waals surface area contributed by atoms with Crippen LogP contribution in [0.4, 0.5) is 0 Å². The van der Waals surface area contributed by atoms with Crippen LogP contribution in [0.1, 0.15) is 12.0 Å². The molecule has 0 fully saturated rings. The third kappa shape index (κ3) is 3.17. The summed E-state index contributed by atoms with van der Waals surface area (Å²) < 4.78 is 5.74. The minimum absolute atomic E-state index is 0.0448. The van der Waals surface area contributed by atoms with Crippen LogP contribution in [0.25, 0.3) is 0 Å². The van der Waals surface area contributed by atoms with Gasteiger partial charge in [0.2, 0.25) is 0 Å². The molecule has 2 N–H and O–H groups in total. The van der Waals surface area contributed by atoms with E-state index in [0.717, 1.165) is 0 Å². The second kappa shape index (κ2) is 6.65. The predicted octanol–water partition coefficient (Wildman–Crippen LogP) is 3.39. The smallest absolute Gasteiger partial charge is 0.339 e. The van der Waals surface area contributed by atoms with Gasteiger partial charge in [-0.3, -0.25) is 4.79 Å². The van der Waals surface area contributed by atoms with Gasteiger partial charge >= 0.3 is 11.9 Å². The lowest BCUT2D eigenvalue weighted by Gasteiger charge is -2.31. The number of aliphatic carboxylic acids is 2. The molecule has 0 radical (unpaired) electrons. The van der Waals surface area contributed by atoms with Crippen LogP contribution in [0.3, 0.4) is 0 Å². The molecule has 3 rings (SSSR count). The van der Waals surface area contributed by atoms with E-state index in [1.165, 1.54) is 12.2 Å². The van der Waals surface area contributed by atoms with Crippen molar-refractivity contribution >= 4 is 11.9 Å². The third-order valence-corrected chi connectivity index (χ3v) is 4.16. The molecule has 5 nitrogen and oxygen atoms in total. The van der Waals surface area contributed by atoms with E-state index in [1.807, 2.05) is 6.07 Å². The molecule has 2 aromatic rings. The maximum absolute atomic E-state index is 12.1. The molecule has 0 saturated heterocycles. The minimum atomic E-state index is -1.37. The molecule has 0 amide bonds. The lowest BCUT2D eigenvalue weighted by Crippen LogP contribution is -2.37. The van der Waals surface area contributed by atoms with Crippen molar-refractivity contribution in [2.24, 2.45) is 0 Å². The maximum Gasteiger partial charge on any atom is 0.339 e. The summed E-state index contributed by atoms with van der Waals surface area (Å²) in [6, 6.07) is 17.4. The zero-order valence-corrected chi connectivity index (χ0v) is 13.3. The molecular weight excluding hydrogens is 320 g/mol. The first-order chi connectivity index (χ1) is 12.0. The van der Waals surface area contributed by atoms with Crippen molar-refractivity contribution in [3.05, 3.63) is 89.7 Å². The van der Waals surface area contributed by atoms with Gasteiger partial charge in [-0.15, -0.1) is 0 Å². The largest absolute Gasteiger partial charge is 0.480 e. The summed E-state index contributed by atoms with van der Waals surface area (Å²) in [6.07, 6.45) is 2.65. The van der Waals surface area contributed by atoms with Gasteiger partial charge < -0.3 is 14.9 Å². The first-order valence-electron chi connectivity index (χ1n) is 7.70. The van der Waals surface area contributed by atoms with Crippen LogP contribution >= 0.6 is 0 Å². The Labute approximate surface area is 144 Å². The fourth-order valence-electron chi connectivity index (χ4n) is 2.84. The van der Waals surface area contributed by atoms with E-state index in [9.17, 15) is 19.8 Å². The lowest BCUT2D eigenvalue weighted by atomic mass is 9.73. The normalized spacial score (nSPS) is 19.5. The molecule has 0 saturated carbocycles. The Morgan fingerprint density at radius 1 is 0.920 bits per heavy atom. The summed E-state index contributed by atoms with van der Waals surface area (Å²) in [7, 11) is 0. The van der Waals surface area contributed by atoms with E-state index in [0.29, 0.717) is 11.3 Å². The summed E-state index contributed by atoms with van der Waals surface area (Å²) in [4.78, 5) is 23.6. The first-order valence-corrected chi connectivity index (χ1v) is 7.70. The second-order valence-electron chi connectivity index (χ2n) is 5.71. The first kappa shape index (κ1) is 16.5. The van der Waals surface area contributed by atoms with E-state index in [1.54, 1.807) is 54.6 Å². The van der Waals surface area contributed by atoms with Gasteiger partial charge in [-0.05, 0) is 23.8 Å². The molecule has 5 heteroatoms. The molecule has 25 heavy (non-hydrogen) atoms. The highest BCUT2D eigenvalue weighted by molar-refractivity contribution is 5.93. The zero-order valence-electron chi connectivity index (χ0n) is 13.3. The van der Waals surface area contributed by atoms with Gasteiger partial charge in [0.1, 0.15) is 16.9 Å². The predicted molar refractivity (Wildman–Crippen MR) is 91.2 cm³/mol. The fourth-order valence-corrected chi connectivity index (χ4v) is 2.84. The second-order valence-corrected chi connectivity index (χ2v) is 5.71. The summed E-state index contributed by atoms with van der Waals surface area (Å²) in [5, 5.41) is 19.3. The molecule has 0 heterocycles. The zero-order chi connectivity index (χ0) is 17.9. The number of benzene rings is 2. The van der Waals surface area contributed by atoms with Gasteiger partial charge in [-0.25, -0.2) is 4.79 Å². The summed E-state index contributed by atoms with van der Waals surface area (Å²) in [6.45, 7) is 0. The van der Waals surface area contributed by atoms with E-state index in [4.69, 9.17) is 4.74 Å². The van der Waals surface area contributed by atoms with E-state index in [-0.39, 0.29) is 17.8 Å². The molecule has 1 aliphatic carbocycles. The van der Waals surface area contributed by atoms with Crippen LogP contribution in [0.5, 0.6) is 5.75 Å². The number of carboxylic acid groups (broad SMARTS) is 2. The summed E-state index contributed by atoms with van der Waals surface area (Å²) in [5.41, 5.74) is -0.848. The number of rotatable bonds is 5. The molecule has 0 bridgehead atoms. The Morgan fingerprint density at radius 2 is 1.52 bits per heavy atom. The van der Waals surface area contributed by atoms with Gasteiger partial charge in [0.15, 0.2) is 0 Å². The van der Waals surface area contributed by atoms with Crippen molar-refractivity contribution in [2.75, 3.05) is 0 Å². The van der Waals surface area contributed by atoms with Crippen molar-refractivity contribution in [3.63, 3.8) is 0 Å². The highest BCUT2D eigenvalue weighted by Crippen LogP contribution is 2.39. The number of hydrogen-bond acceptors (Lipinski definition) is 3. The number of allylic oxidation sites excluding steroid dienone is 1. The van der Waals surface area contributed by atoms with E-state index >= 15 is 0 Å². The molecular formula is C20H16O5. The number of hydrogen-bond donors (Lipinski definition) is 2. The number of ether oxygens (including phenoxy) is 1. The standard InChI is InChI=1S/C20H16O5/c21-18(22)16-11-12-20(19(23)24,14-7-3-1-4-8-14)13-17(16)25-15-9-5-2-6-10-15/h1-12H,13H2,(H,21,22)(H,23,24). The molecule has 1 aliphatic rings. The Bertz CT molecular complexity index is 852. The van der Waals surface area contributed by atoms with Crippen molar-refractivity contribution in [3.8, 4) is 5.75 Å². The maximum atomic E-state index is 12.1. The highest BCUT2D eigenvalue weighted by atomic mass is 16.5. The molecule has 0 aromatic heterocycles. The quantitative estimate of drug-likeness (QED) is 0.874. The Kier molecular flexibility index (Phi) is 4.39. The van der Waals surface area contributed by atoms with Crippen molar-refractivity contribution in [2.45, 2.75) is 11.8 Å². The molecule has 1 atom stereocenters. The Balaban J connectivity index is 2.06. The molecule has 0 spiro atoms. The number of para-hydroxylation sites is 1. The number of carboxylic acids is 2. The minimum Gasteiger partial charge on any atom is -0.480 e. The topological polar surface area (TPSA) is 83.8 Å². The van der Waals surface area contributed by atoms with Crippen LogP contribution in [0.2, 0.25) is 0 Å². The third-order valence-electron chi connectivity index (χ3n) is 4.16. The van der Waals surface area contributed by atoms with Crippen LogP contribution < -0.4 is 4.74 Å². The van der Waals surface area contributed by atoms with Crippen molar-refractivity contribution < 1.29 is 24.5 Å². The molecule has 126 valence electrons. The Hall–Kier alpha value is -3.34. The molecule has 2 aromatic carbocycles. The van der Waals surface area contributed by atoms with Crippen LogP contribution in [0, 0.1) is 0 Å². The van der Waals surface area contributed by atoms with Gasteiger partial charge in [0, 0.05) is 6.42 Å². The van der Waals surface area contributed by atoms with Gasteiger partial charge in [-0.2, -0.15) is 0 Å². The SMILES string of the molecule is O=C(O)C1=C(Oc2ccccc2)CC(C(=O)O)(c2ccccc2)C=C1. The van der Waals surface area contributed by atoms with Gasteiger partial charge in [0.05, 0.1) is 5.57 Å². The summed E-state index contributed by atoms with van der Waals surface area (Å²) >= 11 is 0. The average Bonchev–Trinajstić information content (AvgIpc) is 2.63. The van der Waals surface area contributed by atoms with Gasteiger partial charge in [0.25, 0.3) is 0 Å². The van der Waals surface area contributed by atoms with Crippen LogP contribution in [0.15, 0.2) is 84.1 Å². The van der Waals surface area contributed by atoms with Crippen LogP contribution in [-0.4, -0.2) is 22.2 Å². The highest BCUT2D eigenvalue weighted by Gasteiger charge is 2.43. The fraction of sp³-hybridized carbons (Fsp3) is 0.100. The average molecular weight is 336 g/mol. The van der Waals surface area contributed by atoms with Crippen molar-refractivity contribution in [1.82, 2.24) is 0 Å². The molecule has 0 aliphatic heterocycles.